The van der Waals surface area contributed by atoms with Crippen LogP contribution in [0.3, 0.4) is 0 Å². The molecule has 0 bridgehead atoms. The van der Waals surface area contributed by atoms with E-state index in [0.29, 0.717) is 0 Å². The van der Waals surface area contributed by atoms with Crippen LogP contribution in [0.4, 0.5) is 0 Å². The molecule has 0 N–H and O–H groups in total. The Balaban J connectivity index is 2.95. The summed E-state index contributed by atoms with van der Waals surface area (Å²) in [6.07, 6.45) is 0.154. The van der Waals surface area contributed by atoms with Gasteiger partial charge in [-0.05, 0) is 60.9 Å². The molecule has 0 amide bonds. The van der Waals surface area contributed by atoms with Crippen molar-refractivity contribution in [2.24, 2.45) is 0 Å². The predicted octanol–water partition coefficient (Wildman–Crippen LogP) is 7.15. The summed E-state index contributed by atoms with van der Waals surface area (Å²) in [5.74, 6) is 1.04. The second-order valence-corrected chi connectivity index (χ2v) is 16.3. The summed E-state index contributed by atoms with van der Waals surface area (Å²) in [6.45, 7) is 15.9. The molecule has 1 atom stereocenters. The maximum absolute atomic E-state index is 6.63. The Hall–Kier alpha value is -0.586. The fourth-order valence-corrected chi connectivity index (χ4v) is 8.94. The van der Waals surface area contributed by atoms with E-state index in [-0.39, 0.29) is 6.10 Å². The average Bonchev–Trinajstić information content (AvgIpc) is 2.64. The quantitative estimate of drug-likeness (QED) is 0.387. The third kappa shape index (κ3) is 5.20. The monoisotopic (exact) mass is 366 g/mol. The van der Waals surface area contributed by atoms with Crippen molar-refractivity contribution in [3.63, 3.8) is 0 Å². The topological polar surface area (TPSA) is 18.5 Å². The maximum atomic E-state index is 6.63. The molecular formula is C20H38O2Si2. The van der Waals surface area contributed by atoms with E-state index in [1.54, 1.807) is 0 Å². The van der Waals surface area contributed by atoms with Gasteiger partial charge in [-0.15, -0.1) is 0 Å². The van der Waals surface area contributed by atoms with Crippen LogP contribution in [-0.2, 0) is 4.43 Å². The lowest BCUT2D eigenvalue weighted by Gasteiger charge is -2.32. The largest absolute Gasteiger partial charge is 0.543 e. The molecule has 138 valence electrons. The van der Waals surface area contributed by atoms with E-state index in [0.717, 1.165) is 5.75 Å². The average molecular weight is 367 g/mol. The Labute approximate surface area is 152 Å². The lowest BCUT2D eigenvalue weighted by molar-refractivity contribution is 0.210. The normalized spacial score (nSPS) is 13.8. The Morgan fingerprint density at radius 3 is 1.75 bits per heavy atom. The van der Waals surface area contributed by atoms with Gasteiger partial charge in [-0.1, -0.05) is 53.7 Å². The van der Waals surface area contributed by atoms with Gasteiger partial charge in [0.2, 0.25) is 8.32 Å². The van der Waals surface area contributed by atoms with Crippen LogP contribution in [0.2, 0.25) is 36.3 Å². The van der Waals surface area contributed by atoms with Gasteiger partial charge in [0.15, 0.2) is 8.32 Å². The van der Waals surface area contributed by atoms with E-state index in [1.807, 2.05) is 0 Å². The summed E-state index contributed by atoms with van der Waals surface area (Å²) in [5.41, 5.74) is 1.26. The Morgan fingerprint density at radius 1 is 0.792 bits per heavy atom. The van der Waals surface area contributed by atoms with Crippen molar-refractivity contribution in [2.75, 3.05) is 0 Å². The zero-order valence-electron chi connectivity index (χ0n) is 16.9. The predicted molar refractivity (Wildman–Crippen MR) is 111 cm³/mol. The molecule has 24 heavy (non-hydrogen) atoms. The highest BCUT2D eigenvalue weighted by molar-refractivity contribution is 6.74. The van der Waals surface area contributed by atoms with E-state index in [1.165, 1.54) is 41.8 Å². The summed E-state index contributed by atoms with van der Waals surface area (Å²) in [7, 11) is -3.20. The smallest absolute Gasteiger partial charge is 0.250 e. The summed E-state index contributed by atoms with van der Waals surface area (Å²) in [6, 6.07) is 15.7. The highest BCUT2D eigenvalue weighted by Gasteiger charge is 2.32. The van der Waals surface area contributed by atoms with Crippen molar-refractivity contribution in [1.82, 2.24) is 0 Å². The van der Waals surface area contributed by atoms with Crippen LogP contribution in [0.1, 0.15) is 60.1 Å². The summed E-state index contributed by atoms with van der Waals surface area (Å²) < 4.78 is 13.2. The van der Waals surface area contributed by atoms with Crippen LogP contribution in [0.15, 0.2) is 24.3 Å². The molecule has 0 saturated carbocycles. The molecule has 1 rings (SSSR count). The second kappa shape index (κ2) is 9.78. The summed E-state index contributed by atoms with van der Waals surface area (Å²) in [4.78, 5) is 0. The first-order valence-corrected chi connectivity index (χ1v) is 15.0. The van der Waals surface area contributed by atoms with Gasteiger partial charge < -0.3 is 8.85 Å². The number of hydrogen-bond donors (Lipinski definition) is 0. The zero-order chi connectivity index (χ0) is 18.2. The van der Waals surface area contributed by atoms with Gasteiger partial charge in [-0.3, -0.25) is 0 Å². The molecule has 0 saturated heterocycles. The van der Waals surface area contributed by atoms with Crippen LogP contribution >= 0.6 is 0 Å². The first-order chi connectivity index (χ1) is 11.4. The van der Waals surface area contributed by atoms with E-state index >= 15 is 0 Å². The SMILES string of the molecule is CC[Si](CC)(CC)Oc1cccc(C(C)O[Si](CC)(CC)CC)c1. The van der Waals surface area contributed by atoms with Gasteiger partial charge in [0.1, 0.15) is 5.75 Å². The van der Waals surface area contributed by atoms with Crippen LogP contribution in [-0.4, -0.2) is 16.6 Å². The van der Waals surface area contributed by atoms with E-state index < -0.39 is 16.6 Å². The van der Waals surface area contributed by atoms with Crippen molar-refractivity contribution < 1.29 is 8.85 Å². The van der Waals surface area contributed by atoms with E-state index in [2.05, 4.69) is 72.7 Å². The molecule has 1 unspecified atom stereocenters. The first kappa shape index (κ1) is 21.5. The molecule has 0 radical (unpaired) electrons. The Bertz CT molecular complexity index is 466. The second-order valence-electron chi connectivity index (χ2n) is 6.92. The minimum atomic E-state index is -1.62. The molecule has 0 spiro atoms. The molecule has 0 aliphatic heterocycles. The molecule has 4 heteroatoms. The van der Waals surface area contributed by atoms with Gasteiger partial charge in [0.25, 0.3) is 0 Å². The third-order valence-electron chi connectivity index (χ3n) is 5.95. The van der Waals surface area contributed by atoms with E-state index in [9.17, 15) is 0 Å². The van der Waals surface area contributed by atoms with Crippen molar-refractivity contribution in [2.45, 2.75) is 90.8 Å². The third-order valence-corrected chi connectivity index (χ3v) is 15.2. The first-order valence-electron chi connectivity index (χ1n) is 9.90. The van der Waals surface area contributed by atoms with Gasteiger partial charge in [0.05, 0.1) is 6.10 Å². The minimum Gasteiger partial charge on any atom is -0.543 e. The molecule has 2 nitrogen and oxygen atoms in total. The Morgan fingerprint density at radius 2 is 1.29 bits per heavy atom. The summed E-state index contributed by atoms with van der Waals surface area (Å²) >= 11 is 0. The lowest BCUT2D eigenvalue weighted by Crippen LogP contribution is -2.39. The van der Waals surface area contributed by atoms with Crippen LogP contribution in [0.5, 0.6) is 5.75 Å². The van der Waals surface area contributed by atoms with Gasteiger partial charge >= 0.3 is 0 Å². The highest BCUT2D eigenvalue weighted by atomic mass is 28.4. The summed E-state index contributed by atoms with van der Waals surface area (Å²) in [5, 5.41) is 0. The van der Waals surface area contributed by atoms with Crippen molar-refractivity contribution in [3.8, 4) is 5.75 Å². The zero-order valence-corrected chi connectivity index (χ0v) is 18.9. The maximum Gasteiger partial charge on any atom is 0.250 e. The number of hydrogen-bond acceptors (Lipinski definition) is 2. The van der Waals surface area contributed by atoms with Crippen LogP contribution in [0, 0.1) is 0 Å². The van der Waals surface area contributed by atoms with Gasteiger partial charge in [-0.25, -0.2) is 0 Å². The van der Waals surface area contributed by atoms with Crippen LogP contribution < -0.4 is 4.43 Å². The molecule has 0 aliphatic rings. The fourth-order valence-electron chi connectivity index (χ4n) is 3.49. The molecule has 0 aliphatic carbocycles. The van der Waals surface area contributed by atoms with E-state index in [4.69, 9.17) is 8.85 Å². The molecular weight excluding hydrogens is 328 g/mol. The molecule has 0 aromatic heterocycles. The Kier molecular flexibility index (Phi) is 8.75. The van der Waals surface area contributed by atoms with Crippen molar-refractivity contribution in [3.05, 3.63) is 29.8 Å². The fraction of sp³-hybridized carbons (Fsp3) is 0.700. The van der Waals surface area contributed by atoms with Crippen molar-refractivity contribution in [1.29, 1.82) is 0 Å². The minimum absolute atomic E-state index is 0.154. The number of rotatable bonds is 11. The molecule has 1 aromatic rings. The lowest BCUT2D eigenvalue weighted by atomic mass is 10.1. The van der Waals surface area contributed by atoms with Crippen LogP contribution in [0.25, 0.3) is 0 Å². The van der Waals surface area contributed by atoms with Gasteiger partial charge in [-0.2, -0.15) is 0 Å². The number of benzene rings is 1. The van der Waals surface area contributed by atoms with Gasteiger partial charge in [0, 0.05) is 0 Å². The molecule has 0 heterocycles. The standard InChI is InChI=1S/C20H38O2Si2/c1-8-23(9-2,10-3)21-18(7)19-15-14-16-20(17-19)22-24(11-4,12-5)13-6/h14-18H,8-13H2,1-7H3. The molecule has 0 fully saturated rings. The molecule has 1 aromatic carbocycles. The highest BCUT2D eigenvalue weighted by Crippen LogP contribution is 2.32. The van der Waals surface area contributed by atoms with Crippen molar-refractivity contribution >= 4 is 16.6 Å².